The number of carbonyl (C=O) groups is 1. The summed E-state index contributed by atoms with van der Waals surface area (Å²) < 4.78 is 35.1. The number of ether oxygens (including phenoxy) is 1. The second kappa shape index (κ2) is 9.17. The van der Waals surface area contributed by atoms with Gasteiger partial charge in [0.25, 0.3) is 0 Å². The molecule has 3 aromatic carbocycles. The number of halogens is 1. The molecule has 0 spiro atoms. The fourth-order valence-electron chi connectivity index (χ4n) is 4.32. The molecule has 172 valence electrons. The molecule has 0 saturated carbocycles. The van der Waals surface area contributed by atoms with Crippen molar-refractivity contribution < 1.29 is 17.9 Å². The third-order valence-corrected chi connectivity index (χ3v) is 7.60. The van der Waals surface area contributed by atoms with Gasteiger partial charge in [0, 0.05) is 23.7 Å². The van der Waals surface area contributed by atoms with Crippen LogP contribution in [-0.4, -0.2) is 27.5 Å². The molecule has 6 nitrogen and oxygen atoms in total. The van der Waals surface area contributed by atoms with Crippen LogP contribution in [0.3, 0.4) is 0 Å². The minimum Gasteiger partial charge on any atom is -0.497 e. The van der Waals surface area contributed by atoms with Crippen molar-refractivity contribution in [2.24, 2.45) is 0 Å². The van der Waals surface area contributed by atoms with Crippen LogP contribution in [0.1, 0.15) is 36.6 Å². The van der Waals surface area contributed by atoms with Crippen molar-refractivity contribution in [2.75, 3.05) is 12.0 Å². The van der Waals surface area contributed by atoms with Gasteiger partial charge in [0.15, 0.2) is 0 Å². The summed E-state index contributed by atoms with van der Waals surface area (Å²) >= 11 is 6.45. The van der Waals surface area contributed by atoms with Gasteiger partial charge >= 0.3 is 0 Å². The van der Waals surface area contributed by atoms with Gasteiger partial charge < -0.3 is 9.64 Å². The van der Waals surface area contributed by atoms with Crippen LogP contribution < -0.4 is 14.4 Å². The van der Waals surface area contributed by atoms with Crippen LogP contribution in [0.5, 0.6) is 5.75 Å². The molecule has 0 saturated heterocycles. The highest BCUT2D eigenvalue weighted by Crippen LogP contribution is 2.35. The van der Waals surface area contributed by atoms with Crippen molar-refractivity contribution >= 4 is 33.2 Å². The molecule has 0 bridgehead atoms. The Bertz CT molecular complexity index is 1310. The van der Waals surface area contributed by atoms with E-state index in [9.17, 15) is 13.2 Å². The fraction of sp³-hybridized carbons (Fsp3) is 0.240. The molecule has 8 heteroatoms. The first-order valence-corrected chi connectivity index (χ1v) is 12.4. The van der Waals surface area contributed by atoms with Crippen LogP contribution in [0.2, 0.25) is 5.02 Å². The van der Waals surface area contributed by atoms with Crippen LogP contribution in [0, 0.1) is 0 Å². The van der Waals surface area contributed by atoms with Crippen LogP contribution >= 0.6 is 11.6 Å². The van der Waals surface area contributed by atoms with Crippen LogP contribution in [0.15, 0.2) is 71.6 Å². The minimum atomic E-state index is -3.92. The summed E-state index contributed by atoms with van der Waals surface area (Å²) in [4.78, 5) is 13.9. The molecular formula is C25H25ClN2O4S. The van der Waals surface area contributed by atoms with E-state index in [1.165, 1.54) is 13.0 Å². The predicted molar refractivity (Wildman–Crippen MR) is 129 cm³/mol. The Hall–Kier alpha value is -2.87. The molecular weight excluding hydrogens is 460 g/mol. The second-order valence-corrected chi connectivity index (χ2v) is 10.2. The van der Waals surface area contributed by atoms with Gasteiger partial charge in [0.05, 0.1) is 18.0 Å². The standard InChI is InChI=1S/C25H25ClN2O4S/c1-16-13-19-15-21(11-12-24(19)28(16)17(2)29)33(30,31)27-25(22-9-4-5-10-23(22)26)18-7-6-8-20(14-18)32-3/h4-12,14-16,25,27H,13H2,1-3H3. The minimum absolute atomic E-state index is 0.0175. The van der Waals surface area contributed by atoms with Crippen molar-refractivity contribution in [1.82, 2.24) is 4.72 Å². The molecule has 1 heterocycles. The summed E-state index contributed by atoms with van der Waals surface area (Å²) in [7, 11) is -2.36. The molecule has 33 heavy (non-hydrogen) atoms. The molecule has 1 aliphatic heterocycles. The van der Waals surface area contributed by atoms with Gasteiger partial charge in [-0.2, -0.15) is 4.72 Å². The number of rotatable bonds is 6. The van der Waals surface area contributed by atoms with Gasteiger partial charge in [0.2, 0.25) is 15.9 Å². The third-order valence-electron chi connectivity index (χ3n) is 5.83. The molecule has 2 unspecified atom stereocenters. The zero-order chi connectivity index (χ0) is 23.8. The van der Waals surface area contributed by atoms with E-state index in [-0.39, 0.29) is 16.8 Å². The number of hydrogen-bond acceptors (Lipinski definition) is 4. The van der Waals surface area contributed by atoms with E-state index in [0.29, 0.717) is 28.3 Å². The van der Waals surface area contributed by atoms with Crippen LogP contribution in [0.25, 0.3) is 0 Å². The Morgan fingerprint density at radius 2 is 1.88 bits per heavy atom. The number of benzene rings is 3. The van der Waals surface area contributed by atoms with Crippen molar-refractivity contribution in [2.45, 2.75) is 37.2 Å². The molecule has 0 aromatic heterocycles. The lowest BCUT2D eigenvalue weighted by Gasteiger charge is -2.22. The van der Waals surface area contributed by atoms with E-state index in [4.69, 9.17) is 16.3 Å². The lowest BCUT2D eigenvalue weighted by Crippen LogP contribution is -2.33. The lowest BCUT2D eigenvalue weighted by molar-refractivity contribution is -0.116. The number of nitrogens with zero attached hydrogens (tertiary/aromatic N) is 1. The van der Waals surface area contributed by atoms with Crippen molar-refractivity contribution in [1.29, 1.82) is 0 Å². The topological polar surface area (TPSA) is 75.7 Å². The Balaban J connectivity index is 1.74. The monoisotopic (exact) mass is 484 g/mol. The normalized spacial score (nSPS) is 16.4. The first kappa shape index (κ1) is 23.3. The van der Waals surface area contributed by atoms with E-state index >= 15 is 0 Å². The van der Waals surface area contributed by atoms with Crippen LogP contribution in [-0.2, 0) is 21.2 Å². The van der Waals surface area contributed by atoms with E-state index < -0.39 is 16.1 Å². The van der Waals surface area contributed by atoms with Gasteiger partial charge in [-0.05, 0) is 66.4 Å². The number of anilines is 1. The van der Waals surface area contributed by atoms with Crippen molar-refractivity contribution in [3.8, 4) is 5.75 Å². The van der Waals surface area contributed by atoms with Gasteiger partial charge in [-0.25, -0.2) is 8.42 Å². The fourth-order valence-corrected chi connectivity index (χ4v) is 5.82. The zero-order valence-electron chi connectivity index (χ0n) is 18.6. The summed E-state index contributed by atoms with van der Waals surface area (Å²) in [5.41, 5.74) is 2.91. The summed E-state index contributed by atoms with van der Waals surface area (Å²) in [5.74, 6) is 0.548. The number of nitrogens with one attached hydrogen (secondary N) is 1. The van der Waals surface area contributed by atoms with Gasteiger partial charge in [-0.1, -0.05) is 41.9 Å². The number of methoxy groups -OCH3 is 1. The number of carbonyl (C=O) groups excluding carboxylic acids is 1. The molecule has 3 aromatic rings. The number of amides is 1. The second-order valence-electron chi connectivity index (χ2n) is 8.09. The SMILES string of the molecule is COc1cccc(C(NS(=O)(=O)c2ccc3c(c2)CC(C)N3C(C)=O)c2ccccc2Cl)c1. The Morgan fingerprint density at radius 1 is 1.12 bits per heavy atom. The molecule has 0 aliphatic carbocycles. The summed E-state index contributed by atoms with van der Waals surface area (Å²) in [6.07, 6.45) is 0.599. The Morgan fingerprint density at radius 3 is 2.58 bits per heavy atom. The average molecular weight is 485 g/mol. The highest BCUT2D eigenvalue weighted by Gasteiger charge is 2.31. The maximum absolute atomic E-state index is 13.5. The maximum atomic E-state index is 13.5. The van der Waals surface area contributed by atoms with Gasteiger partial charge in [0.1, 0.15) is 5.75 Å². The number of hydrogen-bond donors (Lipinski definition) is 1. The first-order valence-electron chi connectivity index (χ1n) is 10.5. The molecule has 1 aliphatic rings. The predicted octanol–water partition coefficient (Wildman–Crippen LogP) is 4.71. The number of sulfonamides is 1. The quantitative estimate of drug-likeness (QED) is 0.549. The molecule has 1 N–H and O–H groups in total. The largest absolute Gasteiger partial charge is 0.497 e. The highest BCUT2D eigenvalue weighted by molar-refractivity contribution is 7.89. The van der Waals surface area contributed by atoms with E-state index in [2.05, 4.69) is 4.72 Å². The smallest absolute Gasteiger partial charge is 0.241 e. The maximum Gasteiger partial charge on any atom is 0.241 e. The van der Waals surface area contributed by atoms with E-state index in [0.717, 1.165) is 11.3 Å². The average Bonchev–Trinajstić information content (AvgIpc) is 3.13. The molecule has 4 rings (SSSR count). The van der Waals surface area contributed by atoms with Crippen LogP contribution in [0.4, 0.5) is 5.69 Å². The first-order chi connectivity index (χ1) is 15.7. The van der Waals surface area contributed by atoms with Gasteiger partial charge in [-0.15, -0.1) is 0 Å². The molecule has 0 radical (unpaired) electrons. The lowest BCUT2D eigenvalue weighted by atomic mass is 9.99. The van der Waals surface area contributed by atoms with E-state index in [1.54, 1.807) is 60.5 Å². The van der Waals surface area contributed by atoms with Crippen molar-refractivity contribution in [3.63, 3.8) is 0 Å². The highest BCUT2D eigenvalue weighted by atomic mass is 35.5. The Labute approximate surface area is 199 Å². The zero-order valence-corrected chi connectivity index (χ0v) is 20.2. The molecule has 2 atom stereocenters. The summed E-state index contributed by atoms with van der Waals surface area (Å²) in [5, 5.41) is 0.452. The third kappa shape index (κ3) is 4.62. The number of fused-ring (bicyclic) bond motifs is 1. The summed E-state index contributed by atoms with van der Waals surface area (Å²) in [6, 6.07) is 18.5. The molecule has 1 amide bonds. The Kier molecular flexibility index (Phi) is 6.47. The summed E-state index contributed by atoms with van der Waals surface area (Å²) in [6.45, 7) is 3.46. The molecule has 0 fully saturated rings. The van der Waals surface area contributed by atoms with Gasteiger partial charge in [-0.3, -0.25) is 4.79 Å². The van der Waals surface area contributed by atoms with Crippen molar-refractivity contribution in [3.05, 3.63) is 88.4 Å². The van der Waals surface area contributed by atoms with E-state index in [1.807, 2.05) is 19.1 Å².